The van der Waals surface area contributed by atoms with E-state index >= 15 is 0 Å². The summed E-state index contributed by atoms with van der Waals surface area (Å²) in [5.41, 5.74) is 1.36. The molecule has 0 aromatic carbocycles. The second-order valence-electron chi connectivity index (χ2n) is 4.30. The van der Waals surface area contributed by atoms with E-state index in [0.717, 1.165) is 37.7 Å². The van der Waals surface area contributed by atoms with Gasteiger partial charge in [-0.3, -0.25) is 14.5 Å². The van der Waals surface area contributed by atoms with Gasteiger partial charge in [0, 0.05) is 17.7 Å². The summed E-state index contributed by atoms with van der Waals surface area (Å²) in [6, 6.07) is 0. The van der Waals surface area contributed by atoms with Gasteiger partial charge >= 0.3 is 0 Å². The SMILES string of the molecule is CCCCCN1C(=O)C2=C(CCC=C2)C1=O. The van der Waals surface area contributed by atoms with E-state index in [2.05, 4.69) is 6.92 Å². The molecule has 0 bridgehead atoms. The van der Waals surface area contributed by atoms with Gasteiger partial charge in [-0.15, -0.1) is 0 Å². The summed E-state index contributed by atoms with van der Waals surface area (Å²) in [5.74, 6) is -0.146. The highest BCUT2D eigenvalue weighted by molar-refractivity contribution is 6.20. The molecule has 3 nitrogen and oxygen atoms in total. The number of carbonyl (C=O) groups excluding carboxylic acids is 2. The molecule has 2 amide bonds. The molecule has 0 spiro atoms. The van der Waals surface area contributed by atoms with Crippen LogP contribution < -0.4 is 0 Å². The fraction of sp³-hybridized carbons (Fsp3) is 0.538. The Morgan fingerprint density at radius 1 is 1.25 bits per heavy atom. The third kappa shape index (κ3) is 1.82. The van der Waals surface area contributed by atoms with Crippen LogP contribution in [-0.2, 0) is 9.59 Å². The molecule has 16 heavy (non-hydrogen) atoms. The predicted molar refractivity (Wildman–Crippen MR) is 61.6 cm³/mol. The first-order valence-corrected chi connectivity index (χ1v) is 6.01. The number of rotatable bonds is 4. The number of carbonyl (C=O) groups is 2. The maximum atomic E-state index is 12.0. The Labute approximate surface area is 95.8 Å². The summed E-state index contributed by atoms with van der Waals surface area (Å²) < 4.78 is 0. The molecule has 86 valence electrons. The van der Waals surface area contributed by atoms with Gasteiger partial charge in [-0.2, -0.15) is 0 Å². The maximum Gasteiger partial charge on any atom is 0.261 e. The Morgan fingerprint density at radius 2 is 2.06 bits per heavy atom. The van der Waals surface area contributed by atoms with E-state index in [1.54, 1.807) is 6.08 Å². The zero-order valence-electron chi connectivity index (χ0n) is 9.66. The Kier molecular flexibility index (Phi) is 3.22. The van der Waals surface area contributed by atoms with Crippen LogP contribution in [0.2, 0.25) is 0 Å². The van der Waals surface area contributed by atoms with E-state index in [0.29, 0.717) is 12.1 Å². The monoisotopic (exact) mass is 219 g/mol. The van der Waals surface area contributed by atoms with Crippen molar-refractivity contribution >= 4 is 11.8 Å². The molecule has 0 fully saturated rings. The van der Waals surface area contributed by atoms with Crippen molar-refractivity contribution in [2.45, 2.75) is 39.0 Å². The molecule has 0 saturated heterocycles. The molecule has 0 unspecified atom stereocenters. The first-order chi connectivity index (χ1) is 7.75. The summed E-state index contributed by atoms with van der Waals surface area (Å²) in [7, 11) is 0. The largest absolute Gasteiger partial charge is 0.275 e. The summed E-state index contributed by atoms with van der Waals surface area (Å²) >= 11 is 0. The number of nitrogens with zero attached hydrogens (tertiary/aromatic N) is 1. The molecule has 0 aromatic rings. The van der Waals surface area contributed by atoms with Crippen LogP contribution in [0.3, 0.4) is 0 Å². The quantitative estimate of drug-likeness (QED) is 0.537. The molecule has 0 saturated carbocycles. The predicted octanol–water partition coefficient (Wildman–Crippen LogP) is 2.19. The molecular weight excluding hydrogens is 202 g/mol. The molecule has 2 rings (SSSR count). The highest BCUT2D eigenvalue weighted by Crippen LogP contribution is 2.29. The molecule has 0 radical (unpaired) electrons. The van der Waals surface area contributed by atoms with Gasteiger partial charge in [-0.1, -0.05) is 31.9 Å². The summed E-state index contributed by atoms with van der Waals surface area (Å²) in [5, 5.41) is 0. The van der Waals surface area contributed by atoms with Gasteiger partial charge in [-0.25, -0.2) is 0 Å². The van der Waals surface area contributed by atoms with Crippen LogP contribution in [0.5, 0.6) is 0 Å². The normalized spacial score (nSPS) is 19.7. The Bertz CT molecular complexity index is 379. The molecule has 0 atom stereocenters. The van der Waals surface area contributed by atoms with Crippen molar-refractivity contribution in [3.8, 4) is 0 Å². The number of hydrogen-bond acceptors (Lipinski definition) is 2. The molecular formula is C13H17NO2. The highest BCUT2D eigenvalue weighted by atomic mass is 16.2. The Balaban J connectivity index is 2.07. The average Bonchev–Trinajstić information content (AvgIpc) is 2.55. The maximum absolute atomic E-state index is 12.0. The second kappa shape index (κ2) is 4.64. The molecule has 2 aliphatic rings. The van der Waals surface area contributed by atoms with Gasteiger partial charge in [0.15, 0.2) is 0 Å². The van der Waals surface area contributed by atoms with Crippen molar-refractivity contribution in [3.05, 3.63) is 23.3 Å². The molecule has 0 aromatic heterocycles. The lowest BCUT2D eigenvalue weighted by atomic mass is 10.00. The van der Waals surface area contributed by atoms with Crippen LogP contribution in [0.25, 0.3) is 0 Å². The third-order valence-electron chi connectivity index (χ3n) is 3.13. The van der Waals surface area contributed by atoms with Crippen molar-refractivity contribution in [3.63, 3.8) is 0 Å². The Morgan fingerprint density at radius 3 is 2.75 bits per heavy atom. The first-order valence-electron chi connectivity index (χ1n) is 6.01. The minimum atomic E-state index is -0.0907. The van der Waals surface area contributed by atoms with Gasteiger partial charge < -0.3 is 0 Å². The molecule has 1 heterocycles. The van der Waals surface area contributed by atoms with Crippen LogP contribution in [0.15, 0.2) is 23.3 Å². The van der Waals surface area contributed by atoms with E-state index in [9.17, 15) is 9.59 Å². The summed E-state index contributed by atoms with van der Waals surface area (Å²) in [4.78, 5) is 25.3. The van der Waals surface area contributed by atoms with E-state index in [1.807, 2.05) is 6.08 Å². The highest BCUT2D eigenvalue weighted by Gasteiger charge is 2.36. The lowest BCUT2D eigenvalue weighted by Crippen LogP contribution is -2.32. The fourth-order valence-electron chi connectivity index (χ4n) is 2.21. The number of imide groups is 1. The van der Waals surface area contributed by atoms with Crippen molar-refractivity contribution < 1.29 is 9.59 Å². The number of amides is 2. The third-order valence-corrected chi connectivity index (χ3v) is 3.13. The van der Waals surface area contributed by atoms with Crippen molar-refractivity contribution in [2.75, 3.05) is 6.54 Å². The standard InChI is InChI=1S/C13H17NO2/c1-2-3-6-9-14-12(15)10-7-4-5-8-11(10)13(14)16/h4,7H,2-3,5-6,8-9H2,1H3. The molecule has 1 aliphatic heterocycles. The van der Waals surface area contributed by atoms with Gasteiger partial charge in [0.25, 0.3) is 11.8 Å². The van der Waals surface area contributed by atoms with Gasteiger partial charge in [0.05, 0.1) is 0 Å². The molecule has 0 N–H and O–H groups in total. The number of allylic oxidation sites excluding steroid dienone is 1. The lowest BCUT2D eigenvalue weighted by Gasteiger charge is -2.14. The van der Waals surface area contributed by atoms with Crippen molar-refractivity contribution in [1.82, 2.24) is 4.90 Å². The van der Waals surface area contributed by atoms with E-state index in [-0.39, 0.29) is 11.8 Å². The topological polar surface area (TPSA) is 37.4 Å². The average molecular weight is 219 g/mol. The van der Waals surface area contributed by atoms with Crippen LogP contribution in [0.4, 0.5) is 0 Å². The first kappa shape index (κ1) is 11.1. The Hall–Kier alpha value is -1.38. The van der Waals surface area contributed by atoms with Crippen molar-refractivity contribution in [1.29, 1.82) is 0 Å². The summed E-state index contributed by atoms with van der Waals surface area (Å²) in [6.07, 6.45) is 8.46. The zero-order valence-corrected chi connectivity index (χ0v) is 9.66. The van der Waals surface area contributed by atoms with E-state index in [1.165, 1.54) is 4.90 Å². The lowest BCUT2D eigenvalue weighted by molar-refractivity contribution is -0.137. The number of hydrogen-bond donors (Lipinski definition) is 0. The fourth-order valence-corrected chi connectivity index (χ4v) is 2.21. The van der Waals surface area contributed by atoms with E-state index < -0.39 is 0 Å². The minimum Gasteiger partial charge on any atom is -0.275 e. The van der Waals surface area contributed by atoms with Gasteiger partial charge in [0.2, 0.25) is 0 Å². The van der Waals surface area contributed by atoms with Gasteiger partial charge in [0.1, 0.15) is 0 Å². The van der Waals surface area contributed by atoms with Crippen LogP contribution in [0.1, 0.15) is 39.0 Å². The van der Waals surface area contributed by atoms with Crippen molar-refractivity contribution in [2.24, 2.45) is 0 Å². The van der Waals surface area contributed by atoms with E-state index in [4.69, 9.17) is 0 Å². The minimum absolute atomic E-state index is 0.0551. The molecule has 1 aliphatic carbocycles. The zero-order chi connectivity index (χ0) is 11.5. The molecule has 3 heteroatoms. The second-order valence-corrected chi connectivity index (χ2v) is 4.30. The van der Waals surface area contributed by atoms with Crippen LogP contribution >= 0.6 is 0 Å². The smallest absolute Gasteiger partial charge is 0.261 e. The van der Waals surface area contributed by atoms with Gasteiger partial charge in [-0.05, 0) is 19.3 Å². The summed E-state index contributed by atoms with van der Waals surface area (Å²) in [6.45, 7) is 2.69. The van der Waals surface area contributed by atoms with Crippen LogP contribution in [-0.4, -0.2) is 23.3 Å². The number of unbranched alkanes of at least 4 members (excludes halogenated alkanes) is 2. The van der Waals surface area contributed by atoms with Crippen LogP contribution in [0, 0.1) is 0 Å².